The maximum absolute atomic E-state index is 11.6. The second-order valence-electron chi connectivity index (χ2n) is 3.99. The maximum atomic E-state index is 11.6. The quantitative estimate of drug-likeness (QED) is 0.817. The van der Waals surface area contributed by atoms with Crippen LogP contribution in [0, 0.1) is 6.92 Å². The molecule has 0 aliphatic heterocycles. The number of amides is 1. The molecule has 7 heteroatoms. The fraction of sp³-hybridized carbons (Fsp3) is 0.417. The Hall–Kier alpha value is -1.34. The van der Waals surface area contributed by atoms with Crippen LogP contribution in [0.15, 0.2) is 17.8 Å². The van der Waals surface area contributed by atoms with Crippen molar-refractivity contribution in [2.45, 2.75) is 19.1 Å². The van der Waals surface area contributed by atoms with Crippen molar-refractivity contribution in [1.82, 2.24) is 20.3 Å². The predicted molar refractivity (Wildman–Crippen MR) is 78.3 cm³/mol. The van der Waals surface area contributed by atoms with Gasteiger partial charge in [-0.05, 0) is 6.92 Å². The number of carbonyl (C=O) groups is 1. The summed E-state index contributed by atoms with van der Waals surface area (Å²) in [6.07, 6.45) is 4.22. The highest BCUT2D eigenvalue weighted by Crippen LogP contribution is 2.14. The molecular formula is C12H16N4OS2. The van der Waals surface area contributed by atoms with Gasteiger partial charge in [-0.15, -0.1) is 23.1 Å². The fourth-order valence-electron chi connectivity index (χ4n) is 1.53. The molecule has 0 radical (unpaired) electrons. The Morgan fingerprint density at radius 1 is 1.58 bits per heavy atom. The highest BCUT2D eigenvalue weighted by atomic mass is 32.2. The van der Waals surface area contributed by atoms with E-state index >= 15 is 0 Å². The van der Waals surface area contributed by atoms with Crippen molar-refractivity contribution < 1.29 is 4.79 Å². The number of nitrogens with one attached hydrogen (secondary N) is 2. The van der Waals surface area contributed by atoms with Crippen LogP contribution in [0.25, 0.3) is 0 Å². The average molecular weight is 296 g/mol. The molecule has 2 aromatic heterocycles. The van der Waals surface area contributed by atoms with E-state index in [0.29, 0.717) is 12.3 Å². The molecule has 2 rings (SSSR count). The van der Waals surface area contributed by atoms with Crippen molar-refractivity contribution >= 4 is 29.0 Å². The minimum Gasteiger partial charge on any atom is -0.355 e. The smallest absolute Gasteiger partial charge is 0.230 e. The summed E-state index contributed by atoms with van der Waals surface area (Å²) < 4.78 is 0. The molecule has 102 valence electrons. The molecule has 2 aromatic rings. The fourth-order valence-corrected chi connectivity index (χ4v) is 2.99. The van der Waals surface area contributed by atoms with E-state index in [2.05, 4.69) is 20.3 Å². The molecule has 0 unspecified atom stereocenters. The Balaban J connectivity index is 1.57. The number of hydrogen-bond donors (Lipinski definition) is 2. The molecule has 19 heavy (non-hydrogen) atoms. The van der Waals surface area contributed by atoms with Gasteiger partial charge in [0.05, 0.1) is 16.5 Å². The van der Waals surface area contributed by atoms with Gasteiger partial charge in [0.25, 0.3) is 0 Å². The molecule has 0 atom stereocenters. The second kappa shape index (κ2) is 7.30. The summed E-state index contributed by atoms with van der Waals surface area (Å²) in [6, 6.07) is 0. The van der Waals surface area contributed by atoms with Crippen LogP contribution in [0.3, 0.4) is 0 Å². The molecule has 0 spiro atoms. The van der Waals surface area contributed by atoms with Crippen LogP contribution in [0.1, 0.15) is 16.5 Å². The Kier molecular flexibility index (Phi) is 5.41. The van der Waals surface area contributed by atoms with Crippen LogP contribution in [0.5, 0.6) is 0 Å². The molecular weight excluding hydrogens is 280 g/mol. The third kappa shape index (κ3) is 5.04. The largest absolute Gasteiger partial charge is 0.355 e. The lowest BCUT2D eigenvalue weighted by Crippen LogP contribution is -2.27. The van der Waals surface area contributed by atoms with Crippen LogP contribution >= 0.6 is 23.1 Å². The van der Waals surface area contributed by atoms with E-state index in [1.54, 1.807) is 35.5 Å². The van der Waals surface area contributed by atoms with Crippen LogP contribution in [-0.2, 0) is 17.0 Å². The number of thiazole rings is 1. The zero-order valence-electron chi connectivity index (χ0n) is 10.7. The summed E-state index contributed by atoms with van der Waals surface area (Å²) in [4.78, 5) is 23.0. The number of aromatic nitrogens is 3. The van der Waals surface area contributed by atoms with E-state index in [9.17, 15) is 4.79 Å². The molecule has 0 aromatic carbocycles. The van der Waals surface area contributed by atoms with Gasteiger partial charge in [-0.25, -0.2) is 9.97 Å². The number of nitrogens with zero attached hydrogens (tertiary/aromatic N) is 2. The lowest BCUT2D eigenvalue weighted by atomic mass is 10.4. The first-order valence-corrected chi connectivity index (χ1v) is 8.01. The molecule has 1 amide bonds. The molecule has 0 saturated heterocycles. The summed E-state index contributed by atoms with van der Waals surface area (Å²) >= 11 is 3.22. The SMILES string of the molecule is Cc1nc(CSCC(=O)NCCc2ncc[nH]2)cs1. The van der Waals surface area contributed by atoms with E-state index in [4.69, 9.17) is 0 Å². The van der Waals surface area contributed by atoms with Crippen LogP contribution < -0.4 is 5.32 Å². The van der Waals surface area contributed by atoms with E-state index in [-0.39, 0.29) is 5.91 Å². The molecule has 0 saturated carbocycles. The standard InChI is InChI=1S/C12H16N4OS2/c1-9-16-10(7-19-9)6-18-8-12(17)15-3-2-11-13-4-5-14-11/h4-5,7H,2-3,6,8H2,1H3,(H,13,14)(H,15,17). The van der Waals surface area contributed by atoms with Gasteiger partial charge in [-0.1, -0.05) is 0 Å². The monoisotopic (exact) mass is 296 g/mol. The molecule has 2 heterocycles. The number of H-pyrrole nitrogens is 1. The van der Waals surface area contributed by atoms with Crippen molar-refractivity contribution in [2.24, 2.45) is 0 Å². The summed E-state index contributed by atoms with van der Waals surface area (Å²) in [7, 11) is 0. The maximum Gasteiger partial charge on any atom is 0.230 e. The van der Waals surface area contributed by atoms with E-state index in [0.717, 1.165) is 28.7 Å². The molecule has 0 bridgehead atoms. The number of aryl methyl sites for hydroxylation is 1. The van der Waals surface area contributed by atoms with Crippen molar-refractivity contribution in [1.29, 1.82) is 0 Å². The Bertz CT molecular complexity index is 510. The number of rotatable bonds is 7. The predicted octanol–water partition coefficient (Wildman–Crippen LogP) is 1.77. The normalized spacial score (nSPS) is 10.6. The molecule has 5 nitrogen and oxygen atoms in total. The van der Waals surface area contributed by atoms with E-state index < -0.39 is 0 Å². The Morgan fingerprint density at radius 2 is 2.47 bits per heavy atom. The van der Waals surface area contributed by atoms with Crippen molar-refractivity contribution in [2.75, 3.05) is 12.3 Å². The van der Waals surface area contributed by atoms with Crippen molar-refractivity contribution in [3.8, 4) is 0 Å². The third-order valence-corrected chi connectivity index (χ3v) is 4.18. The highest BCUT2D eigenvalue weighted by Gasteiger charge is 2.04. The topological polar surface area (TPSA) is 70.7 Å². The summed E-state index contributed by atoms with van der Waals surface area (Å²) in [5.74, 6) is 2.21. The van der Waals surface area contributed by atoms with Crippen LogP contribution in [-0.4, -0.2) is 33.2 Å². The number of carbonyl (C=O) groups excluding carboxylic acids is 1. The second-order valence-corrected chi connectivity index (χ2v) is 6.03. The summed E-state index contributed by atoms with van der Waals surface area (Å²) in [5.41, 5.74) is 1.05. The van der Waals surface area contributed by atoms with Gasteiger partial charge in [0.1, 0.15) is 5.82 Å². The number of aromatic amines is 1. The first-order chi connectivity index (χ1) is 9.24. The average Bonchev–Trinajstić information content (AvgIpc) is 3.01. The number of hydrogen-bond acceptors (Lipinski definition) is 5. The third-order valence-electron chi connectivity index (χ3n) is 2.39. The minimum atomic E-state index is 0.0588. The van der Waals surface area contributed by atoms with Crippen LogP contribution in [0.2, 0.25) is 0 Å². The van der Waals surface area contributed by atoms with E-state index in [1.165, 1.54) is 0 Å². The summed E-state index contributed by atoms with van der Waals surface area (Å²) in [6.45, 7) is 2.60. The first kappa shape index (κ1) is 14.1. The lowest BCUT2D eigenvalue weighted by molar-refractivity contribution is -0.118. The van der Waals surface area contributed by atoms with Gasteiger partial charge in [0, 0.05) is 36.5 Å². The minimum absolute atomic E-state index is 0.0588. The molecule has 0 aliphatic carbocycles. The number of thioether (sulfide) groups is 1. The first-order valence-electron chi connectivity index (χ1n) is 5.98. The zero-order valence-corrected chi connectivity index (χ0v) is 12.3. The van der Waals surface area contributed by atoms with Crippen molar-refractivity contribution in [3.05, 3.63) is 34.3 Å². The van der Waals surface area contributed by atoms with Gasteiger partial charge < -0.3 is 10.3 Å². The van der Waals surface area contributed by atoms with Gasteiger partial charge in [0.15, 0.2) is 0 Å². The Morgan fingerprint density at radius 3 is 3.16 bits per heavy atom. The van der Waals surface area contributed by atoms with E-state index in [1.807, 2.05) is 12.3 Å². The molecule has 2 N–H and O–H groups in total. The van der Waals surface area contributed by atoms with Gasteiger partial charge in [-0.2, -0.15) is 0 Å². The highest BCUT2D eigenvalue weighted by molar-refractivity contribution is 7.99. The van der Waals surface area contributed by atoms with Gasteiger partial charge in [0.2, 0.25) is 5.91 Å². The molecule has 0 fully saturated rings. The number of imidazole rings is 1. The molecule has 0 aliphatic rings. The Labute approximate surface area is 120 Å². The van der Waals surface area contributed by atoms with Crippen molar-refractivity contribution in [3.63, 3.8) is 0 Å². The zero-order chi connectivity index (χ0) is 13.5. The summed E-state index contributed by atoms with van der Waals surface area (Å²) in [5, 5.41) is 5.98. The van der Waals surface area contributed by atoms with Crippen LogP contribution in [0.4, 0.5) is 0 Å². The van der Waals surface area contributed by atoms with Gasteiger partial charge in [-0.3, -0.25) is 4.79 Å². The lowest BCUT2D eigenvalue weighted by Gasteiger charge is -2.03. The van der Waals surface area contributed by atoms with Gasteiger partial charge >= 0.3 is 0 Å².